The molecule has 0 aliphatic carbocycles. The molecule has 2 unspecified atom stereocenters. The van der Waals surface area contributed by atoms with Crippen molar-refractivity contribution in [2.24, 2.45) is 0 Å². The van der Waals surface area contributed by atoms with Gasteiger partial charge in [0, 0.05) is 16.6 Å². The van der Waals surface area contributed by atoms with Gasteiger partial charge in [0.15, 0.2) is 0 Å². The summed E-state index contributed by atoms with van der Waals surface area (Å²) in [4.78, 5) is 1.28. The highest BCUT2D eigenvalue weighted by Crippen LogP contribution is 2.41. The summed E-state index contributed by atoms with van der Waals surface area (Å²) in [6.07, 6.45) is 0.194. The van der Waals surface area contributed by atoms with E-state index in [0.717, 1.165) is 11.3 Å². The fourth-order valence-electron chi connectivity index (χ4n) is 2.56. The second-order valence-corrected chi connectivity index (χ2v) is 6.85. The molecule has 4 heteroatoms. The summed E-state index contributed by atoms with van der Waals surface area (Å²) in [6, 6.07) is 13.8. The SMILES string of the molecule is OC(Cc1ccc(Cl)c(Cl)c1)C1CSc2ccccc21. The maximum absolute atomic E-state index is 10.5. The van der Waals surface area contributed by atoms with Crippen LogP contribution < -0.4 is 0 Å². The summed E-state index contributed by atoms with van der Waals surface area (Å²) < 4.78 is 0. The van der Waals surface area contributed by atoms with Crippen LogP contribution >= 0.6 is 35.0 Å². The van der Waals surface area contributed by atoms with Crippen LogP contribution in [0.4, 0.5) is 0 Å². The Balaban J connectivity index is 1.77. The van der Waals surface area contributed by atoms with Crippen LogP contribution in [0.15, 0.2) is 47.4 Å². The Labute approximate surface area is 132 Å². The Morgan fingerprint density at radius 3 is 2.75 bits per heavy atom. The van der Waals surface area contributed by atoms with Gasteiger partial charge < -0.3 is 5.11 Å². The van der Waals surface area contributed by atoms with Crippen LogP contribution in [0.25, 0.3) is 0 Å². The molecule has 0 aromatic heterocycles. The van der Waals surface area contributed by atoms with E-state index in [1.165, 1.54) is 10.5 Å². The van der Waals surface area contributed by atoms with Crippen molar-refractivity contribution >= 4 is 35.0 Å². The minimum atomic E-state index is -0.400. The number of fused-ring (bicyclic) bond motifs is 1. The van der Waals surface area contributed by atoms with Crippen molar-refractivity contribution in [3.05, 3.63) is 63.6 Å². The zero-order valence-corrected chi connectivity index (χ0v) is 13.1. The highest BCUT2D eigenvalue weighted by atomic mass is 35.5. The first-order chi connectivity index (χ1) is 9.65. The summed E-state index contributed by atoms with van der Waals surface area (Å²) in [5, 5.41) is 11.6. The molecule has 1 aliphatic rings. The van der Waals surface area contributed by atoms with E-state index in [0.29, 0.717) is 16.5 Å². The van der Waals surface area contributed by atoms with E-state index >= 15 is 0 Å². The van der Waals surface area contributed by atoms with E-state index < -0.39 is 6.10 Å². The summed E-state index contributed by atoms with van der Waals surface area (Å²) in [5.74, 6) is 1.12. The Kier molecular flexibility index (Phi) is 4.27. The molecular formula is C16H14Cl2OS. The molecule has 20 heavy (non-hydrogen) atoms. The van der Waals surface area contributed by atoms with Crippen LogP contribution in [-0.2, 0) is 6.42 Å². The van der Waals surface area contributed by atoms with E-state index in [1.54, 1.807) is 6.07 Å². The topological polar surface area (TPSA) is 20.2 Å². The normalized spacial score (nSPS) is 18.9. The molecule has 0 radical (unpaired) electrons. The summed E-state index contributed by atoms with van der Waals surface area (Å²) in [7, 11) is 0. The monoisotopic (exact) mass is 324 g/mol. The molecule has 2 aromatic rings. The van der Waals surface area contributed by atoms with Gasteiger partial charge in [-0.15, -0.1) is 11.8 Å². The number of benzene rings is 2. The van der Waals surface area contributed by atoms with Gasteiger partial charge in [0.1, 0.15) is 0 Å². The molecule has 0 spiro atoms. The van der Waals surface area contributed by atoms with Crippen LogP contribution in [0, 0.1) is 0 Å². The van der Waals surface area contributed by atoms with Gasteiger partial charge in [-0.3, -0.25) is 0 Å². The van der Waals surface area contributed by atoms with Crippen molar-refractivity contribution in [3.63, 3.8) is 0 Å². The number of halogens is 2. The van der Waals surface area contributed by atoms with Gasteiger partial charge in [-0.1, -0.05) is 47.5 Å². The second-order valence-electron chi connectivity index (χ2n) is 4.98. The van der Waals surface area contributed by atoms with Crippen LogP contribution in [0.3, 0.4) is 0 Å². The Morgan fingerprint density at radius 2 is 1.95 bits per heavy atom. The van der Waals surface area contributed by atoms with Gasteiger partial charge in [-0.05, 0) is 35.7 Å². The van der Waals surface area contributed by atoms with E-state index in [2.05, 4.69) is 12.1 Å². The molecule has 1 nitrogen and oxygen atoms in total. The minimum Gasteiger partial charge on any atom is -0.392 e. The fraction of sp³-hybridized carbons (Fsp3) is 0.250. The molecule has 2 atom stereocenters. The Hall–Kier alpha value is -0.670. The largest absolute Gasteiger partial charge is 0.392 e. The molecule has 3 rings (SSSR count). The minimum absolute atomic E-state index is 0.186. The molecule has 0 bridgehead atoms. The lowest BCUT2D eigenvalue weighted by Crippen LogP contribution is -2.21. The van der Waals surface area contributed by atoms with E-state index in [-0.39, 0.29) is 5.92 Å². The zero-order valence-electron chi connectivity index (χ0n) is 10.7. The van der Waals surface area contributed by atoms with Crippen molar-refractivity contribution in [2.45, 2.75) is 23.3 Å². The first-order valence-corrected chi connectivity index (χ1v) is 8.23. The zero-order chi connectivity index (χ0) is 14.1. The lowest BCUT2D eigenvalue weighted by molar-refractivity contribution is 0.151. The van der Waals surface area contributed by atoms with Crippen molar-refractivity contribution in [1.29, 1.82) is 0 Å². The van der Waals surface area contributed by atoms with Gasteiger partial charge in [-0.2, -0.15) is 0 Å². The molecule has 2 aromatic carbocycles. The van der Waals surface area contributed by atoms with Crippen molar-refractivity contribution in [2.75, 3.05) is 5.75 Å². The number of rotatable bonds is 3. The third kappa shape index (κ3) is 2.84. The van der Waals surface area contributed by atoms with Crippen molar-refractivity contribution in [1.82, 2.24) is 0 Å². The van der Waals surface area contributed by atoms with Crippen LogP contribution in [0.1, 0.15) is 17.0 Å². The Bertz CT molecular complexity index is 630. The van der Waals surface area contributed by atoms with Crippen LogP contribution in [-0.4, -0.2) is 17.0 Å². The molecule has 1 heterocycles. The summed E-state index contributed by atoms with van der Waals surface area (Å²) in [6.45, 7) is 0. The summed E-state index contributed by atoms with van der Waals surface area (Å²) >= 11 is 13.7. The van der Waals surface area contributed by atoms with Crippen LogP contribution in [0.2, 0.25) is 10.0 Å². The Morgan fingerprint density at radius 1 is 1.15 bits per heavy atom. The maximum atomic E-state index is 10.5. The van der Waals surface area contributed by atoms with E-state index in [4.69, 9.17) is 23.2 Å². The number of aliphatic hydroxyl groups excluding tert-OH is 1. The first-order valence-electron chi connectivity index (χ1n) is 6.49. The van der Waals surface area contributed by atoms with Gasteiger partial charge in [0.05, 0.1) is 16.1 Å². The van der Waals surface area contributed by atoms with Gasteiger partial charge in [0.25, 0.3) is 0 Å². The number of aliphatic hydroxyl groups is 1. The molecule has 0 amide bonds. The third-order valence-corrected chi connectivity index (χ3v) is 5.58. The number of hydrogen-bond acceptors (Lipinski definition) is 2. The van der Waals surface area contributed by atoms with Gasteiger partial charge >= 0.3 is 0 Å². The predicted octanol–water partition coefficient (Wildman–Crippen LogP) is 4.79. The van der Waals surface area contributed by atoms with Crippen LogP contribution in [0.5, 0.6) is 0 Å². The van der Waals surface area contributed by atoms with Crippen molar-refractivity contribution in [3.8, 4) is 0 Å². The molecular weight excluding hydrogens is 311 g/mol. The highest BCUT2D eigenvalue weighted by molar-refractivity contribution is 7.99. The molecule has 1 aliphatic heterocycles. The quantitative estimate of drug-likeness (QED) is 0.876. The second kappa shape index (κ2) is 5.98. The average Bonchev–Trinajstić information content (AvgIpc) is 2.87. The number of hydrogen-bond donors (Lipinski definition) is 1. The van der Waals surface area contributed by atoms with E-state index in [1.807, 2.05) is 36.0 Å². The molecule has 1 N–H and O–H groups in total. The molecule has 0 saturated heterocycles. The number of thioether (sulfide) groups is 1. The third-order valence-electron chi connectivity index (χ3n) is 3.63. The van der Waals surface area contributed by atoms with E-state index in [9.17, 15) is 5.11 Å². The molecule has 104 valence electrons. The standard InChI is InChI=1S/C16H14Cl2OS/c17-13-6-5-10(7-14(13)18)8-15(19)12-9-20-16-4-2-1-3-11(12)16/h1-7,12,15,19H,8-9H2. The smallest absolute Gasteiger partial charge is 0.0657 e. The lowest BCUT2D eigenvalue weighted by atomic mass is 9.91. The maximum Gasteiger partial charge on any atom is 0.0657 e. The first kappa shape index (κ1) is 14.3. The molecule has 0 fully saturated rings. The summed E-state index contributed by atoms with van der Waals surface area (Å²) in [5.41, 5.74) is 2.27. The highest BCUT2D eigenvalue weighted by Gasteiger charge is 2.29. The average molecular weight is 325 g/mol. The van der Waals surface area contributed by atoms with Crippen molar-refractivity contribution < 1.29 is 5.11 Å². The van der Waals surface area contributed by atoms with Gasteiger partial charge in [-0.25, -0.2) is 0 Å². The molecule has 0 saturated carbocycles. The fourth-order valence-corrected chi connectivity index (χ4v) is 4.20. The predicted molar refractivity (Wildman–Crippen MR) is 86.1 cm³/mol. The van der Waals surface area contributed by atoms with Gasteiger partial charge in [0.2, 0.25) is 0 Å². The lowest BCUT2D eigenvalue weighted by Gasteiger charge is -2.19.